The van der Waals surface area contributed by atoms with Crippen molar-refractivity contribution in [3.8, 4) is 0 Å². The van der Waals surface area contributed by atoms with Crippen molar-refractivity contribution in [2.45, 2.75) is 6.54 Å². The molecule has 0 fully saturated rings. The molecule has 1 aromatic carbocycles. The normalized spacial score (nSPS) is 9.94. The van der Waals surface area contributed by atoms with Gasteiger partial charge in [-0.25, -0.2) is 15.8 Å². The summed E-state index contributed by atoms with van der Waals surface area (Å²) in [5, 5.41) is 3.13. The van der Waals surface area contributed by atoms with Crippen LogP contribution in [-0.4, -0.2) is 9.97 Å². The lowest BCUT2D eigenvalue weighted by molar-refractivity contribution is 1.08. The van der Waals surface area contributed by atoms with Gasteiger partial charge < -0.3 is 16.5 Å². The number of hydrazine groups is 1. The highest BCUT2D eigenvalue weighted by molar-refractivity contribution is 5.73. The minimum Gasteiger partial charge on any atom is -0.393 e. The summed E-state index contributed by atoms with van der Waals surface area (Å²) in [7, 11) is 0. The topological polar surface area (TPSA) is 102 Å². The van der Waals surface area contributed by atoms with E-state index in [2.05, 4.69) is 20.7 Å². The number of anilines is 3. The van der Waals surface area contributed by atoms with Crippen LogP contribution in [0.1, 0.15) is 5.56 Å². The highest BCUT2D eigenvalue weighted by atomic mass is 15.3. The quantitative estimate of drug-likeness (QED) is 0.461. The number of rotatable bonds is 4. The van der Waals surface area contributed by atoms with Crippen LogP contribution in [0.25, 0.3) is 0 Å². The lowest BCUT2D eigenvalue weighted by Crippen LogP contribution is -2.13. The van der Waals surface area contributed by atoms with E-state index in [0.717, 1.165) is 5.56 Å². The van der Waals surface area contributed by atoms with Gasteiger partial charge in [-0.2, -0.15) is 0 Å². The van der Waals surface area contributed by atoms with Gasteiger partial charge in [0.2, 0.25) is 0 Å². The number of hydrogen-bond acceptors (Lipinski definition) is 6. The van der Waals surface area contributed by atoms with Crippen molar-refractivity contribution >= 4 is 17.3 Å². The van der Waals surface area contributed by atoms with Crippen LogP contribution in [-0.2, 0) is 6.54 Å². The molecule has 2 aromatic rings. The highest BCUT2D eigenvalue weighted by Gasteiger charge is 2.05. The van der Waals surface area contributed by atoms with Gasteiger partial charge in [-0.3, -0.25) is 0 Å². The SMILES string of the molecule is NNc1ncnc(NCc2ccccc2)c1N. The Morgan fingerprint density at radius 2 is 1.76 bits per heavy atom. The molecule has 0 amide bonds. The van der Waals surface area contributed by atoms with E-state index in [-0.39, 0.29) is 0 Å². The zero-order chi connectivity index (χ0) is 12.1. The maximum absolute atomic E-state index is 5.83. The number of nitrogens with two attached hydrogens (primary N) is 2. The van der Waals surface area contributed by atoms with Gasteiger partial charge in [0.05, 0.1) is 0 Å². The number of aromatic nitrogens is 2. The van der Waals surface area contributed by atoms with Crippen molar-refractivity contribution in [3.63, 3.8) is 0 Å². The molecule has 2 rings (SSSR count). The van der Waals surface area contributed by atoms with Crippen LogP contribution in [0.2, 0.25) is 0 Å². The third-order valence-electron chi connectivity index (χ3n) is 2.32. The Kier molecular flexibility index (Phi) is 3.37. The average molecular weight is 230 g/mol. The van der Waals surface area contributed by atoms with Gasteiger partial charge in [0.1, 0.15) is 12.0 Å². The third-order valence-corrected chi connectivity index (χ3v) is 2.32. The maximum atomic E-state index is 5.83. The first-order chi connectivity index (χ1) is 8.31. The van der Waals surface area contributed by atoms with Gasteiger partial charge >= 0.3 is 0 Å². The highest BCUT2D eigenvalue weighted by Crippen LogP contribution is 2.21. The zero-order valence-electron chi connectivity index (χ0n) is 9.22. The molecule has 0 aliphatic carbocycles. The number of nitrogens with one attached hydrogen (secondary N) is 2. The van der Waals surface area contributed by atoms with E-state index in [1.54, 1.807) is 0 Å². The Bertz CT molecular complexity index is 485. The fourth-order valence-electron chi connectivity index (χ4n) is 1.43. The predicted octanol–water partition coefficient (Wildman–Crippen LogP) is 0.956. The summed E-state index contributed by atoms with van der Waals surface area (Å²) in [5.41, 5.74) is 9.80. The van der Waals surface area contributed by atoms with Crippen molar-refractivity contribution in [1.82, 2.24) is 9.97 Å². The summed E-state index contributed by atoms with van der Waals surface area (Å²) in [4.78, 5) is 7.96. The van der Waals surface area contributed by atoms with Gasteiger partial charge in [0.15, 0.2) is 11.6 Å². The maximum Gasteiger partial charge on any atom is 0.168 e. The fourth-order valence-corrected chi connectivity index (χ4v) is 1.43. The molecular formula is C11H14N6. The molecule has 88 valence electrons. The molecule has 6 N–H and O–H groups in total. The minimum atomic E-state index is 0.408. The number of nitrogen functional groups attached to an aromatic ring is 2. The van der Waals surface area contributed by atoms with E-state index in [0.29, 0.717) is 23.9 Å². The summed E-state index contributed by atoms with van der Waals surface area (Å²) in [6.45, 7) is 0.645. The summed E-state index contributed by atoms with van der Waals surface area (Å²) in [6.07, 6.45) is 1.40. The van der Waals surface area contributed by atoms with Crippen molar-refractivity contribution < 1.29 is 0 Å². The molecule has 1 heterocycles. The molecule has 0 aliphatic rings. The molecule has 0 radical (unpaired) electrons. The second-order valence-corrected chi connectivity index (χ2v) is 3.47. The molecule has 0 atom stereocenters. The van der Waals surface area contributed by atoms with E-state index in [1.165, 1.54) is 6.33 Å². The monoisotopic (exact) mass is 230 g/mol. The van der Waals surface area contributed by atoms with Gasteiger partial charge in [0.25, 0.3) is 0 Å². The second-order valence-electron chi connectivity index (χ2n) is 3.47. The Morgan fingerprint density at radius 3 is 2.47 bits per heavy atom. The molecule has 0 saturated heterocycles. The second kappa shape index (κ2) is 5.13. The molecule has 0 bridgehead atoms. The van der Waals surface area contributed by atoms with Crippen LogP contribution in [0.5, 0.6) is 0 Å². The summed E-state index contributed by atoms with van der Waals surface area (Å²) >= 11 is 0. The van der Waals surface area contributed by atoms with Crippen molar-refractivity contribution in [2.75, 3.05) is 16.5 Å². The van der Waals surface area contributed by atoms with E-state index < -0.39 is 0 Å². The van der Waals surface area contributed by atoms with Gasteiger partial charge in [-0.1, -0.05) is 30.3 Å². The lowest BCUT2D eigenvalue weighted by Gasteiger charge is -2.10. The Labute approximate surface area is 99.0 Å². The summed E-state index contributed by atoms with van der Waals surface area (Å²) in [5.74, 6) is 6.26. The number of nitrogens with zero attached hydrogens (tertiary/aromatic N) is 2. The number of benzene rings is 1. The first kappa shape index (κ1) is 11.2. The van der Waals surface area contributed by atoms with Crippen molar-refractivity contribution in [3.05, 3.63) is 42.2 Å². The molecule has 0 unspecified atom stereocenters. The summed E-state index contributed by atoms with van der Waals surface area (Å²) < 4.78 is 0. The van der Waals surface area contributed by atoms with Crippen LogP contribution in [0.3, 0.4) is 0 Å². The van der Waals surface area contributed by atoms with E-state index in [1.807, 2.05) is 30.3 Å². The standard InChI is InChI=1S/C11H14N6/c12-9-10(15-7-16-11(9)17-13)14-6-8-4-2-1-3-5-8/h1-5,7H,6,12-13H2,(H2,14,15,16,17). The first-order valence-electron chi connectivity index (χ1n) is 5.16. The average Bonchev–Trinajstić information content (AvgIpc) is 2.39. The Morgan fingerprint density at radius 1 is 1.06 bits per heavy atom. The van der Waals surface area contributed by atoms with Crippen LogP contribution in [0, 0.1) is 0 Å². The van der Waals surface area contributed by atoms with Crippen LogP contribution in [0.15, 0.2) is 36.7 Å². The lowest BCUT2D eigenvalue weighted by atomic mass is 10.2. The smallest absolute Gasteiger partial charge is 0.168 e. The van der Waals surface area contributed by atoms with Crippen molar-refractivity contribution in [2.24, 2.45) is 5.84 Å². The van der Waals surface area contributed by atoms with Gasteiger partial charge in [-0.05, 0) is 5.56 Å². The van der Waals surface area contributed by atoms with Crippen LogP contribution in [0.4, 0.5) is 17.3 Å². The molecule has 1 aromatic heterocycles. The van der Waals surface area contributed by atoms with Crippen LogP contribution >= 0.6 is 0 Å². The fraction of sp³-hybridized carbons (Fsp3) is 0.0909. The molecule has 6 nitrogen and oxygen atoms in total. The van der Waals surface area contributed by atoms with E-state index >= 15 is 0 Å². The largest absolute Gasteiger partial charge is 0.393 e. The third kappa shape index (κ3) is 2.61. The molecule has 17 heavy (non-hydrogen) atoms. The zero-order valence-corrected chi connectivity index (χ0v) is 9.22. The molecular weight excluding hydrogens is 216 g/mol. The Hall–Kier alpha value is -2.34. The van der Waals surface area contributed by atoms with Gasteiger partial charge in [-0.15, -0.1) is 0 Å². The van der Waals surface area contributed by atoms with E-state index in [9.17, 15) is 0 Å². The van der Waals surface area contributed by atoms with Crippen molar-refractivity contribution in [1.29, 1.82) is 0 Å². The molecule has 0 spiro atoms. The minimum absolute atomic E-state index is 0.408. The molecule has 0 saturated carbocycles. The molecule has 0 aliphatic heterocycles. The number of hydrogen-bond donors (Lipinski definition) is 4. The van der Waals surface area contributed by atoms with Gasteiger partial charge in [0, 0.05) is 6.54 Å². The Balaban J connectivity index is 2.09. The molecule has 6 heteroatoms. The van der Waals surface area contributed by atoms with Crippen LogP contribution < -0.4 is 22.3 Å². The van der Waals surface area contributed by atoms with E-state index in [4.69, 9.17) is 11.6 Å². The summed E-state index contributed by atoms with van der Waals surface area (Å²) in [6, 6.07) is 9.97. The predicted molar refractivity (Wildman–Crippen MR) is 68.0 cm³/mol. The first-order valence-corrected chi connectivity index (χ1v) is 5.16.